The lowest BCUT2D eigenvalue weighted by Crippen LogP contribution is -2.24. The molecule has 2 aromatic carbocycles. The number of anilines is 2. The van der Waals surface area contributed by atoms with Crippen LogP contribution in [-0.2, 0) is 9.59 Å². The number of nitrogens with zero attached hydrogens (tertiary/aromatic N) is 2. The van der Waals surface area contributed by atoms with Gasteiger partial charge in [0, 0.05) is 59.7 Å². The Balaban J connectivity index is 2.11. The molecule has 0 atom stereocenters. The van der Waals surface area contributed by atoms with Crippen molar-refractivity contribution in [2.45, 2.75) is 13.8 Å². The Hall–Kier alpha value is -2.70. The normalized spacial score (nSPS) is 12.3. The van der Waals surface area contributed by atoms with Crippen LogP contribution in [0, 0.1) is 0 Å². The highest BCUT2D eigenvalue weighted by Crippen LogP contribution is 2.33. The van der Waals surface area contributed by atoms with Gasteiger partial charge in [0.2, 0.25) is 11.8 Å². The fourth-order valence-electron chi connectivity index (χ4n) is 2.73. The van der Waals surface area contributed by atoms with E-state index in [9.17, 15) is 19.2 Å². The van der Waals surface area contributed by atoms with E-state index in [2.05, 4.69) is 0 Å². The molecule has 0 radical (unpaired) electrons. The van der Waals surface area contributed by atoms with Gasteiger partial charge < -0.3 is 0 Å². The van der Waals surface area contributed by atoms with Crippen molar-refractivity contribution in [3.63, 3.8) is 0 Å². The van der Waals surface area contributed by atoms with E-state index in [-0.39, 0.29) is 33.8 Å². The minimum absolute atomic E-state index is 0.161. The van der Waals surface area contributed by atoms with Crippen molar-refractivity contribution in [3.05, 3.63) is 58.7 Å². The Bertz CT molecular complexity index is 908. The second-order valence-corrected chi connectivity index (χ2v) is 6.39. The van der Waals surface area contributed by atoms with Gasteiger partial charge in [0.15, 0.2) is 11.6 Å². The van der Waals surface area contributed by atoms with Crippen LogP contribution in [0.15, 0.2) is 36.4 Å². The Morgan fingerprint density at radius 1 is 0.692 bits per heavy atom. The first-order valence-electron chi connectivity index (χ1n) is 7.53. The summed E-state index contributed by atoms with van der Waals surface area (Å²) in [5.74, 6) is -1.59. The summed E-state index contributed by atoms with van der Waals surface area (Å²) in [6.07, 6.45) is 0. The Labute approximate surface area is 159 Å². The predicted octanol–water partition coefficient (Wildman–Crippen LogP) is 3.48. The van der Waals surface area contributed by atoms with E-state index in [4.69, 9.17) is 23.6 Å². The van der Waals surface area contributed by atoms with Gasteiger partial charge in [0.25, 0.3) is 0 Å². The molecular weight excluding hydrogens is 379 g/mol. The molecule has 2 aromatic rings. The molecule has 0 heterocycles. The van der Waals surface area contributed by atoms with E-state index in [1.54, 1.807) is 0 Å². The minimum Gasteiger partial charge on any atom is -0.289 e. The average molecular weight is 391 g/mol. The van der Waals surface area contributed by atoms with E-state index >= 15 is 0 Å². The van der Waals surface area contributed by atoms with Gasteiger partial charge in [-0.25, -0.2) is 8.84 Å². The molecule has 0 N–H and O–H groups in total. The van der Waals surface area contributed by atoms with Crippen molar-refractivity contribution in [2.75, 3.05) is 8.84 Å². The largest absolute Gasteiger partial charge is 0.289 e. The molecule has 0 unspecified atom stereocenters. The molecule has 0 aromatic heterocycles. The van der Waals surface area contributed by atoms with Gasteiger partial charge in [-0.15, -0.1) is 0 Å². The molecule has 0 saturated heterocycles. The lowest BCUT2D eigenvalue weighted by atomic mass is 9.83. The molecule has 1 aliphatic rings. The molecule has 0 saturated carbocycles. The lowest BCUT2D eigenvalue weighted by Gasteiger charge is -2.21. The molecule has 26 heavy (non-hydrogen) atoms. The number of halogens is 2. The quantitative estimate of drug-likeness (QED) is 0.627. The minimum atomic E-state index is -0.419. The van der Waals surface area contributed by atoms with E-state index in [1.165, 1.54) is 50.2 Å². The van der Waals surface area contributed by atoms with Crippen LogP contribution in [0.3, 0.4) is 0 Å². The van der Waals surface area contributed by atoms with Crippen LogP contribution in [0.5, 0.6) is 0 Å². The van der Waals surface area contributed by atoms with Crippen LogP contribution in [0.4, 0.5) is 11.4 Å². The first-order valence-corrected chi connectivity index (χ1v) is 8.20. The number of carbonyl (C=O) groups is 4. The standard InChI is InChI=1S/C18H12Cl2N2O4/c1-9(23)21(19)11-3-5-13-15(7-11)17(25)14-6-4-12(22(20)10(2)24)8-16(14)18(13)26/h3-8H,1-2H3. The SMILES string of the molecule is CC(=O)N(Cl)c1ccc2c(c1)C(=O)c1ccc(N(Cl)C(C)=O)cc1C2=O. The van der Waals surface area contributed by atoms with Gasteiger partial charge in [-0.3, -0.25) is 19.2 Å². The molecule has 0 aliphatic heterocycles. The van der Waals surface area contributed by atoms with Crippen molar-refractivity contribution in [3.8, 4) is 0 Å². The van der Waals surface area contributed by atoms with Gasteiger partial charge in [0.05, 0.1) is 11.4 Å². The zero-order chi connectivity index (χ0) is 19.2. The van der Waals surface area contributed by atoms with Crippen molar-refractivity contribution in [2.24, 2.45) is 0 Å². The molecule has 2 amide bonds. The number of ketones is 2. The molecule has 0 fully saturated rings. The fraction of sp³-hybridized carbons (Fsp3) is 0.111. The molecular formula is C18H12Cl2N2O4. The third-order valence-electron chi connectivity index (χ3n) is 3.99. The summed E-state index contributed by atoms with van der Waals surface area (Å²) < 4.78 is 1.74. The fourth-order valence-corrected chi connectivity index (χ4v) is 2.94. The molecule has 0 spiro atoms. The predicted molar refractivity (Wildman–Crippen MR) is 97.8 cm³/mol. The maximum absolute atomic E-state index is 12.8. The van der Waals surface area contributed by atoms with E-state index in [0.717, 1.165) is 8.84 Å². The van der Waals surface area contributed by atoms with Crippen LogP contribution in [0.25, 0.3) is 0 Å². The first kappa shape index (κ1) is 18.1. The number of amides is 2. The van der Waals surface area contributed by atoms with Crippen molar-refractivity contribution in [1.29, 1.82) is 0 Å². The smallest absolute Gasteiger partial charge is 0.238 e. The van der Waals surface area contributed by atoms with E-state index in [0.29, 0.717) is 11.4 Å². The summed E-state index contributed by atoms with van der Waals surface area (Å²) in [5.41, 5.74) is 1.30. The maximum Gasteiger partial charge on any atom is 0.238 e. The topological polar surface area (TPSA) is 74.8 Å². The van der Waals surface area contributed by atoms with Gasteiger partial charge in [0.1, 0.15) is 0 Å². The summed E-state index contributed by atoms with van der Waals surface area (Å²) in [7, 11) is 0. The monoisotopic (exact) mass is 390 g/mol. The van der Waals surface area contributed by atoms with E-state index < -0.39 is 11.8 Å². The van der Waals surface area contributed by atoms with Crippen molar-refractivity contribution >= 4 is 58.3 Å². The van der Waals surface area contributed by atoms with E-state index in [1.807, 2.05) is 0 Å². The summed E-state index contributed by atoms with van der Waals surface area (Å²) in [5, 5.41) is 0. The summed E-state index contributed by atoms with van der Waals surface area (Å²) in [4.78, 5) is 48.4. The Morgan fingerprint density at radius 3 is 1.35 bits per heavy atom. The van der Waals surface area contributed by atoms with Crippen molar-refractivity contribution < 1.29 is 19.2 Å². The number of benzene rings is 2. The summed E-state index contributed by atoms with van der Waals surface area (Å²) in [6.45, 7) is 2.56. The van der Waals surface area contributed by atoms with Gasteiger partial charge in [-0.05, 0) is 36.4 Å². The highest BCUT2D eigenvalue weighted by atomic mass is 35.5. The third-order valence-corrected chi connectivity index (χ3v) is 4.86. The zero-order valence-corrected chi connectivity index (χ0v) is 15.3. The molecule has 1 aliphatic carbocycles. The third kappa shape index (κ3) is 2.87. The van der Waals surface area contributed by atoms with Gasteiger partial charge in [-0.2, -0.15) is 0 Å². The highest BCUT2D eigenvalue weighted by Gasteiger charge is 2.31. The number of fused-ring (bicyclic) bond motifs is 2. The molecule has 0 bridgehead atoms. The Kier molecular flexibility index (Phi) is 4.56. The second-order valence-electron chi connectivity index (χ2n) is 5.72. The zero-order valence-electron chi connectivity index (χ0n) is 13.7. The number of carbonyl (C=O) groups excluding carboxylic acids is 4. The average Bonchev–Trinajstić information content (AvgIpc) is 2.63. The van der Waals surface area contributed by atoms with Crippen LogP contribution >= 0.6 is 23.6 Å². The van der Waals surface area contributed by atoms with Crippen LogP contribution < -0.4 is 8.84 Å². The van der Waals surface area contributed by atoms with Gasteiger partial charge in [-0.1, -0.05) is 0 Å². The van der Waals surface area contributed by atoms with Crippen LogP contribution in [0.1, 0.15) is 45.7 Å². The summed E-state index contributed by atoms with van der Waals surface area (Å²) in [6, 6.07) is 8.67. The number of rotatable bonds is 2. The Morgan fingerprint density at radius 2 is 1.04 bits per heavy atom. The van der Waals surface area contributed by atoms with Crippen LogP contribution in [0.2, 0.25) is 0 Å². The number of hydrogen-bond acceptors (Lipinski definition) is 4. The number of hydrogen-bond donors (Lipinski definition) is 0. The summed E-state index contributed by atoms with van der Waals surface area (Å²) >= 11 is 11.8. The molecule has 6 nitrogen and oxygen atoms in total. The lowest BCUT2D eigenvalue weighted by molar-refractivity contribution is -0.116. The van der Waals surface area contributed by atoms with Crippen molar-refractivity contribution in [1.82, 2.24) is 0 Å². The second kappa shape index (κ2) is 6.55. The van der Waals surface area contributed by atoms with Crippen LogP contribution in [-0.4, -0.2) is 23.4 Å². The molecule has 3 rings (SSSR count). The molecule has 8 heteroatoms. The first-order chi connectivity index (χ1) is 12.2. The molecule has 132 valence electrons. The van der Waals surface area contributed by atoms with Gasteiger partial charge >= 0.3 is 0 Å². The maximum atomic E-state index is 12.8. The highest BCUT2D eigenvalue weighted by molar-refractivity contribution is 6.37.